The maximum Gasteiger partial charge on any atom is 0.172 e. The molecule has 2 aromatic rings. The molecule has 0 fully saturated rings. The molecule has 0 spiro atoms. The number of carbonyl (C=O) groups excluding carboxylic acids is 1. The monoisotopic (exact) mass is 274 g/mol. The van der Waals surface area contributed by atoms with Crippen molar-refractivity contribution >= 4 is 6.29 Å². The number of aromatic nitrogens is 2. The van der Waals surface area contributed by atoms with Crippen molar-refractivity contribution in [2.24, 2.45) is 0 Å². The zero-order valence-corrected chi connectivity index (χ0v) is 11.9. The maximum absolute atomic E-state index is 11.0. The first-order chi connectivity index (χ1) is 9.65. The van der Waals surface area contributed by atoms with E-state index in [-0.39, 0.29) is 0 Å². The van der Waals surface area contributed by atoms with Gasteiger partial charge in [0.2, 0.25) is 0 Å². The van der Waals surface area contributed by atoms with Crippen molar-refractivity contribution in [2.75, 3.05) is 7.11 Å². The summed E-state index contributed by atoms with van der Waals surface area (Å²) < 4.78 is 12.8. The molecule has 0 N–H and O–H groups in total. The molecular weight excluding hydrogens is 256 g/mol. The van der Waals surface area contributed by atoms with Crippen LogP contribution in [-0.4, -0.2) is 23.2 Å². The minimum atomic E-state index is 0.293. The van der Waals surface area contributed by atoms with Gasteiger partial charge in [0, 0.05) is 12.2 Å². The number of rotatable bonds is 6. The van der Waals surface area contributed by atoms with Crippen molar-refractivity contribution in [3.63, 3.8) is 0 Å². The van der Waals surface area contributed by atoms with Crippen LogP contribution in [0.25, 0.3) is 0 Å². The second-order valence-electron chi connectivity index (χ2n) is 4.67. The highest BCUT2D eigenvalue weighted by atomic mass is 16.5. The number of methoxy groups -OCH3 is 1. The summed E-state index contributed by atoms with van der Waals surface area (Å²) in [5.41, 5.74) is 1.27. The maximum atomic E-state index is 11.0. The van der Waals surface area contributed by atoms with Gasteiger partial charge in [0.15, 0.2) is 17.8 Å². The lowest BCUT2D eigenvalue weighted by Crippen LogP contribution is -2.04. The summed E-state index contributed by atoms with van der Waals surface area (Å²) in [4.78, 5) is 11.0. The zero-order valence-electron chi connectivity index (χ0n) is 11.9. The molecule has 0 bridgehead atoms. The number of nitrogens with zero attached hydrogens (tertiary/aromatic N) is 2. The average Bonchev–Trinajstić information content (AvgIpc) is 2.93. The Balaban J connectivity index is 2.15. The van der Waals surface area contributed by atoms with E-state index in [2.05, 4.69) is 18.9 Å². The van der Waals surface area contributed by atoms with Crippen LogP contribution in [0.3, 0.4) is 0 Å². The Kier molecular flexibility index (Phi) is 4.40. The second kappa shape index (κ2) is 6.23. The van der Waals surface area contributed by atoms with E-state index in [0.29, 0.717) is 29.7 Å². The van der Waals surface area contributed by atoms with Crippen molar-refractivity contribution < 1.29 is 14.3 Å². The normalized spacial score (nSPS) is 10.6. The zero-order chi connectivity index (χ0) is 14.5. The first-order valence-corrected chi connectivity index (χ1v) is 6.44. The van der Waals surface area contributed by atoms with Gasteiger partial charge >= 0.3 is 0 Å². The Hall–Kier alpha value is -2.30. The molecule has 0 saturated heterocycles. The fourth-order valence-electron chi connectivity index (χ4n) is 1.83. The molecule has 0 saturated carbocycles. The van der Waals surface area contributed by atoms with Crippen LogP contribution in [0.15, 0.2) is 30.5 Å². The summed E-state index contributed by atoms with van der Waals surface area (Å²) in [5.74, 6) is 0.988. The molecule has 0 radical (unpaired) electrons. The van der Waals surface area contributed by atoms with Gasteiger partial charge in [0.05, 0.1) is 18.4 Å². The van der Waals surface area contributed by atoms with Crippen molar-refractivity contribution in [1.82, 2.24) is 9.78 Å². The molecule has 1 heterocycles. The minimum Gasteiger partial charge on any atom is -0.493 e. The third kappa shape index (κ3) is 2.99. The molecule has 106 valence electrons. The molecule has 0 aliphatic rings. The van der Waals surface area contributed by atoms with Gasteiger partial charge in [0.1, 0.15) is 6.61 Å². The van der Waals surface area contributed by atoms with Crippen molar-refractivity contribution in [3.8, 4) is 11.5 Å². The van der Waals surface area contributed by atoms with E-state index in [9.17, 15) is 4.79 Å². The van der Waals surface area contributed by atoms with E-state index in [4.69, 9.17) is 9.47 Å². The van der Waals surface area contributed by atoms with E-state index < -0.39 is 0 Å². The van der Waals surface area contributed by atoms with Gasteiger partial charge in [-0.25, -0.2) is 0 Å². The predicted molar refractivity (Wildman–Crippen MR) is 75.3 cm³/mol. The van der Waals surface area contributed by atoms with E-state index >= 15 is 0 Å². The summed E-state index contributed by atoms with van der Waals surface area (Å²) in [6, 6.07) is 7.41. The number of hydrogen-bond donors (Lipinski definition) is 0. The van der Waals surface area contributed by atoms with Crippen molar-refractivity contribution in [3.05, 3.63) is 41.7 Å². The van der Waals surface area contributed by atoms with E-state index in [1.165, 1.54) is 0 Å². The Bertz CT molecular complexity index is 591. The number of para-hydroxylation sites is 1. The SMILES string of the molecule is COc1cccc(C=O)c1OCc1ccn(C(C)C)n1. The van der Waals surface area contributed by atoms with Crippen LogP contribution in [-0.2, 0) is 6.61 Å². The molecule has 20 heavy (non-hydrogen) atoms. The van der Waals surface area contributed by atoms with Crippen LogP contribution in [0, 0.1) is 0 Å². The lowest BCUT2D eigenvalue weighted by Gasteiger charge is -2.11. The van der Waals surface area contributed by atoms with Gasteiger partial charge in [-0.1, -0.05) is 6.07 Å². The summed E-state index contributed by atoms with van der Waals surface area (Å²) in [7, 11) is 1.55. The quantitative estimate of drug-likeness (QED) is 0.760. The summed E-state index contributed by atoms with van der Waals surface area (Å²) in [6.45, 7) is 4.41. The van der Waals surface area contributed by atoms with Gasteiger partial charge < -0.3 is 9.47 Å². The van der Waals surface area contributed by atoms with E-state index in [1.807, 2.05) is 16.9 Å². The van der Waals surface area contributed by atoms with Gasteiger partial charge in [-0.3, -0.25) is 9.48 Å². The molecule has 0 amide bonds. The minimum absolute atomic E-state index is 0.293. The highest BCUT2D eigenvalue weighted by Crippen LogP contribution is 2.30. The molecule has 2 rings (SSSR count). The van der Waals surface area contributed by atoms with Gasteiger partial charge in [-0.05, 0) is 32.0 Å². The van der Waals surface area contributed by atoms with E-state index in [1.54, 1.807) is 25.3 Å². The molecular formula is C15H18N2O3. The molecule has 0 unspecified atom stereocenters. The van der Waals surface area contributed by atoms with E-state index in [0.717, 1.165) is 12.0 Å². The lowest BCUT2D eigenvalue weighted by atomic mass is 10.2. The highest BCUT2D eigenvalue weighted by molar-refractivity contribution is 5.81. The third-order valence-electron chi connectivity index (χ3n) is 2.91. The fourth-order valence-corrected chi connectivity index (χ4v) is 1.83. The van der Waals surface area contributed by atoms with Crippen LogP contribution in [0.5, 0.6) is 11.5 Å². The Labute approximate surface area is 118 Å². The fraction of sp³-hybridized carbons (Fsp3) is 0.333. The van der Waals surface area contributed by atoms with Gasteiger partial charge in [-0.2, -0.15) is 5.10 Å². The molecule has 5 heteroatoms. The smallest absolute Gasteiger partial charge is 0.172 e. The number of aldehydes is 1. The van der Waals surface area contributed by atoms with Crippen LogP contribution >= 0.6 is 0 Å². The first kappa shape index (κ1) is 14.1. The van der Waals surface area contributed by atoms with Crippen LogP contribution in [0.2, 0.25) is 0 Å². The number of carbonyl (C=O) groups is 1. The van der Waals surface area contributed by atoms with Crippen molar-refractivity contribution in [2.45, 2.75) is 26.5 Å². The lowest BCUT2D eigenvalue weighted by molar-refractivity contribution is 0.111. The summed E-state index contributed by atoms with van der Waals surface area (Å²) in [5, 5.41) is 4.40. The number of benzene rings is 1. The number of ether oxygens (including phenoxy) is 2. The Morgan fingerprint density at radius 1 is 1.35 bits per heavy atom. The summed E-state index contributed by atoms with van der Waals surface area (Å²) >= 11 is 0. The Morgan fingerprint density at radius 3 is 2.75 bits per heavy atom. The second-order valence-corrected chi connectivity index (χ2v) is 4.67. The first-order valence-electron chi connectivity index (χ1n) is 6.44. The molecule has 1 aromatic carbocycles. The largest absolute Gasteiger partial charge is 0.493 e. The number of hydrogen-bond acceptors (Lipinski definition) is 4. The summed E-state index contributed by atoms with van der Waals surface area (Å²) in [6.07, 6.45) is 2.66. The van der Waals surface area contributed by atoms with Crippen LogP contribution in [0.4, 0.5) is 0 Å². The molecule has 0 aliphatic carbocycles. The standard InChI is InChI=1S/C15H18N2O3/c1-11(2)17-8-7-13(16-17)10-20-15-12(9-18)5-4-6-14(15)19-3/h4-9,11H,10H2,1-3H3. The average molecular weight is 274 g/mol. The topological polar surface area (TPSA) is 53.4 Å². The van der Waals surface area contributed by atoms with Crippen LogP contribution < -0.4 is 9.47 Å². The molecule has 1 aromatic heterocycles. The highest BCUT2D eigenvalue weighted by Gasteiger charge is 2.11. The Morgan fingerprint density at radius 2 is 2.15 bits per heavy atom. The third-order valence-corrected chi connectivity index (χ3v) is 2.91. The van der Waals surface area contributed by atoms with Gasteiger partial charge in [-0.15, -0.1) is 0 Å². The molecule has 0 aliphatic heterocycles. The van der Waals surface area contributed by atoms with Gasteiger partial charge in [0.25, 0.3) is 0 Å². The molecule has 0 atom stereocenters. The van der Waals surface area contributed by atoms with Crippen LogP contribution in [0.1, 0.15) is 35.9 Å². The van der Waals surface area contributed by atoms with Crippen molar-refractivity contribution in [1.29, 1.82) is 0 Å². The predicted octanol–water partition coefficient (Wildman–Crippen LogP) is 2.86. The molecule has 5 nitrogen and oxygen atoms in total.